The van der Waals surface area contributed by atoms with Crippen LogP contribution in [0, 0.1) is 18.3 Å². The zero-order chi connectivity index (χ0) is 17.9. The Morgan fingerprint density at radius 1 is 1.58 bits per heavy atom. The Morgan fingerprint density at radius 2 is 2.29 bits per heavy atom. The molecule has 3 atom stereocenters. The van der Waals surface area contributed by atoms with E-state index < -0.39 is 18.1 Å². The first-order valence-corrected chi connectivity index (χ1v) is 7.87. The van der Waals surface area contributed by atoms with Crippen molar-refractivity contribution in [3.05, 3.63) is 11.8 Å². The van der Waals surface area contributed by atoms with E-state index in [1.54, 1.807) is 0 Å². The van der Waals surface area contributed by atoms with Crippen LogP contribution in [0.2, 0.25) is 0 Å². The maximum absolute atomic E-state index is 13.0. The van der Waals surface area contributed by atoms with E-state index in [0.29, 0.717) is 5.76 Å². The molecule has 0 spiro atoms. The van der Waals surface area contributed by atoms with Crippen LogP contribution in [-0.4, -0.2) is 52.2 Å². The summed E-state index contributed by atoms with van der Waals surface area (Å²) in [4.78, 5) is 26.2. The quantitative estimate of drug-likeness (QED) is 0.780. The van der Waals surface area contributed by atoms with Crippen LogP contribution in [0.4, 0.5) is 0 Å². The molecule has 2 heterocycles. The van der Waals surface area contributed by atoms with Crippen LogP contribution in [0.1, 0.15) is 38.9 Å². The Balaban J connectivity index is 2.24. The second-order valence-electron chi connectivity index (χ2n) is 6.29. The van der Waals surface area contributed by atoms with E-state index in [9.17, 15) is 14.7 Å². The number of rotatable bonds is 6. The van der Waals surface area contributed by atoms with Crippen molar-refractivity contribution >= 4 is 11.7 Å². The number of ether oxygens (including phenoxy) is 1. The minimum Gasteiger partial charge on any atom is -0.462 e. The molecule has 0 aliphatic carbocycles. The molecule has 24 heavy (non-hydrogen) atoms. The number of aliphatic hydroxyl groups is 1. The number of amides is 1. The number of aliphatic hydroxyl groups excluding tert-OH is 1. The lowest BCUT2D eigenvalue weighted by Crippen LogP contribution is -2.43. The Bertz CT molecular complexity index is 646. The van der Waals surface area contributed by atoms with Gasteiger partial charge in [0.05, 0.1) is 12.1 Å². The van der Waals surface area contributed by atoms with Gasteiger partial charge in [-0.2, -0.15) is 0 Å². The summed E-state index contributed by atoms with van der Waals surface area (Å²) >= 11 is 0. The van der Waals surface area contributed by atoms with E-state index in [-0.39, 0.29) is 43.1 Å². The van der Waals surface area contributed by atoms with Crippen molar-refractivity contribution in [1.29, 1.82) is 0 Å². The van der Waals surface area contributed by atoms with E-state index in [2.05, 4.69) is 11.1 Å². The van der Waals surface area contributed by atoms with E-state index in [4.69, 9.17) is 15.7 Å². The molecule has 0 bridgehead atoms. The van der Waals surface area contributed by atoms with Crippen molar-refractivity contribution in [2.75, 3.05) is 13.2 Å². The van der Waals surface area contributed by atoms with Gasteiger partial charge in [0, 0.05) is 19.0 Å². The molecule has 0 aromatic carbocycles. The number of Topliss-reactive ketones (excluding diaryl/α,β-unsaturated/α-hetero) is 1. The lowest BCUT2D eigenvalue weighted by molar-refractivity contribution is -0.139. The normalized spacial score (nSPS) is 21.6. The number of hydrogen-bond acceptors (Lipinski definition) is 6. The molecule has 1 aliphatic rings. The van der Waals surface area contributed by atoms with Crippen LogP contribution in [-0.2, 0) is 9.59 Å². The van der Waals surface area contributed by atoms with Gasteiger partial charge in [-0.25, -0.2) is 0 Å². The maximum atomic E-state index is 13.0. The largest absolute Gasteiger partial charge is 0.462 e. The second-order valence-corrected chi connectivity index (χ2v) is 6.29. The van der Waals surface area contributed by atoms with Crippen LogP contribution >= 0.6 is 0 Å². The monoisotopic (exact) mass is 334 g/mol. The maximum Gasteiger partial charge on any atom is 0.255 e. The van der Waals surface area contributed by atoms with Crippen molar-refractivity contribution in [3.63, 3.8) is 0 Å². The number of aromatic nitrogens is 1. The summed E-state index contributed by atoms with van der Waals surface area (Å²) in [5, 5.41) is 13.6. The Kier molecular flexibility index (Phi) is 5.62. The summed E-state index contributed by atoms with van der Waals surface area (Å²) in [5.41, 5.74) is 0. The minimum atomic E-state index is -0.695. The van der Waals surface area contributed by atoms with Crippen LogP contribution in [0.5, 0.6) is 5.88 Å². The molecule has 1 aliphatic heterocycles. The third-order valence-corrected chi connectivity index (χ3v) is 4.08. The van der Waals surface area contributed by atoms with Crippen LogP contribution in [0.3, 0.4) is 0 Å². The van der Waals surface area contributed by atoms with Crippen molar-refractivity contribution in [1.82, 2.24) is 10.1 Å². The Labute approximate surface area is 140 Å². The predicted octanol–water partition coefficient (Wildman–Crippen LogP) is 0.977. The number of hydrogen-bond donors (Lipinski definition) is 1. The molecule has 1 N–H and O–H groups in total. The fourth-order valence-corrected chi connectivity index (χ4v) is 2.96. The molecular formula is C17H22N2O5. The van der Waals surface area contributed by atoms with Crippen LogP contribution < -0.4 is 4.74 Å². The topological polar surface area (TPSA) is 92.9 Å². The molecule has 2 rings (SSSR count). The number of β-amino-alcohol motifs (C(OH)–C–C–N with tert-alkyl or cyclic N) is 1. The van der Waals surface area contributed by atoms with Gasteiger partial charge in [0.25, 0.3) is 5.88 Å². The van der Waals surface area contributed by atoms with E-state index in [1.807, 2.05) is 13.8 Å². The standard InChI is InChI=1S/C17H22N2O5/c1-5-6-23-15-8-14(24-18-15)16(10(2)3)17(22)19-9-12(21)7-13(19)11(4)20/h1,8,10,12-13,16,21H,6-7,9H2,2-4H3/t12-,13+,16?/m1/s1. The first-order chi connectivity index (χ1) is 11.3. The molecule has 0 saturated carbocycles. The molecule has 1 amide bonds. The van der Waals surface area contributed by atoms with Crippen molar-refractivity contribution < 1.29 is 24.0 Å². The summed E-state index contributed by atoms with van der Waals surface area (Å²) in [6.45, 7) is 5.37. The molecule has 7 nitrogen and oxygen atoms in total. The fourth-order valence-electron chi connectivity index (χ4n) is 2.96. The number of carbonyl (C=O) groups is 2. The average Bonchev–Trinajstić information content (AvgIpc) is 3.11. The van der Waals surface area contributed by atoms with Gasteiger partial charge in [0.1, 0.15) is 5.92 Å². The molecule has 130 valence electrons. The third-order valence-electron chi connectivity index (χ3n) is 4.08. The predicted molar refractivity (Wildman–Crippen MR) is 85.2 cm³/mol. The number of nitrogens with zero attached hydrogens (tertiary/aromatic N) is 2. The molecule has 1 aromatic heterocycles. The summed E-state index contributed by atoms with van der Waals surface area (Å²) in [6.07, 6.45) is 4.70. The van der Waals surface area contributed by atoms with Gasteiger partial charge in [0.15, 0.2) is 18.2 Å². The van der Waals surface area contributed by atoms with Gasteiger partial charge in [-0.05, 0) is 18.0 Å². The van der Waals surface area contributed by atoms with E-state index >= 15 is 0 Å². The molecule has 7 heteroatoms. The van der Waals surface area contributed by atoms with Gasteiger partial charge in [-0.3, -0.25) is 9.59 Å². The zero-order valence-electron chi connectivity index (χ0n) is 14.1. The van der Waals surface area contributed by atoms with Gasteiger partial charge in [-0.1, -0.05) is 19.8 Å². The Hall–Kier alpha value is -2.33. The number of terminal acetylenes is 1. The van der Waals surface area contributed by atoms with Gasteiger partial charge < -0.3 is 19.3 Å². The lowest BCUT2D eigenvalue weighted by Gasteiger charge is -2.27. The smallest absolute Gasteiger partial charge is 0.255 e. The van der Waals surface area contributed by atoms with Gasteiger partial charge in [0.2, 0.25) is 5.91 Å². The first kappa shape index (κ1) is 18.0. The van der Waals surface area contributed by atoms with Crippen molar-refractivity contribution in [3.8, 4) is 18.2 Å². The van der Waals surface area contributed by atoms with Crippen LogP contribution in [0.15, 0.2) is 10.6 Å². The van der Waals surface area contributed by atoms with Gasteiger partial charge in [-0.15, -0.1) is 6.42 Å². The summed E-state index contributed by atoms with van der Waals surface area (Å²) in [7, 11) is 0. The number of ketones is 1. The third kappa shape index (κ3) is 3.77. The minimum absolute atomic E-state index is 0.0526. The molecule has 1 saturated heterocycles. The molecule has 1 aromatic rings. The molecule has 1 unspecified atom stereocenters. The Morgan fingerprint density at radius 3 is 2.88 bits per heavy atom. The highest BCUT2D eigenvalue weighted by Gasteiger charge is 2.41. The van der Waals surface area contributed by atoms with Crippen molar-refractivity contribution in [2.24, 2.45) is 5.92 Å². The van der Waals surface area contributed by atoms with Crippen molar-refractivity contribution in [2.45, 2.75) is 45.3 Å². The molecule has 1 fully saturated rings. The first-order valence-electron chi connectivity index (χ1n) is 7.87. The lowest BCUT2D eigenvalue weighted by atomic mass is 9.91. The zero-order valence-corrected chi connectivity index (χ0v) is 14.1. The second kappa shape index (κ2) is 7.49. The number of likely N-dealkylation sites (tertiary alicyclic amines) is 1. The highest BCUT2D eigenvalue weighted by molar-refractivity contribution is 5.91. The summed E-state index contributed by atoms with van der Waals surface area (Å²) < 4.78 is 10.4. The SMILES string of the molecule is C#CCOc1cc(C(C(=O)N2C[C@H](O)C[C@H]2C(C)=O)C(C)C)on1. The number of carbonyl (C=O) groups excluding carboxylic acids is 2. The van der Waals surface area contributed by atoms with E-state index in [1.165, 1.54) is 17.9 Å². The fraction of sp³-hybridized carbons (Fsp3) is 0.588. The summed E-state index contributed by atoms with van der Waals surface area (Å²) in [6, 6.07) is 0.934. The summed E-state index contributed by atoms with van der Waals surface area (Å²) in [5.74, 6) is 1.78. The van der Waals surface area contributed by atoms with Crippen LogP contribution in [0.25, 0.3) is 0 Å². The highest BCUT2D eigenvalue weighted by Crippen LogP contribution is 2.32. The average molecular weight is 334 g/mol. The van der Waals surface area contributed by atoms with E-state index in [0.717, 1.165) is 0 Å². The molecular weight excluding hydrogens is 312 g/mol. The highest BCUT2D eigenvalue weighted by atomic mass is 16.5. The van der Waals surface area contributed by atoms with Gasteiger partial charge >= 0.3 is 0 Å². The molecule has 0 radical (unpaired) electrons.